The predicted molar refractivity (Wildman–Crippen MR) is 130 cm³/mol. The zero-order valence-electron chi connectivity index (χ0n) is 18.5. The summed E-state index contributed by atoms with van der Waals surface area (Å²) in [6, 6.07) is 22.9. The van der Waals surface area contributed by atoms with Crippen LogP contribution in [0, 0.1) is 10.1 Å². The molecule has 174 valence electrons. The number of ether oxygens (including phenoxy) is 2. The first kappa shape index (κ1) is 23.1. The molecule has 1 amide bonds. The van der Waals surface area contributed by atoms with Gasteiger partial charge in [0, 0.05) is 17.2 Å². The van der Waals surface area contributed by atoms with Gasteiger partial charge in [0.2, 0.25) is 5.75 Å². The largest absolute Gasteiger partial charge is 0.497 e. The number of hydrogen-bond acceptors (Lipinski definition) is 7. The summed E-state index contributed by atoms with van der Waals surface area (Å²) in [4.78, 5) is 35.9. The highest BCUT2D eigenvalue weighted by Crippen LogP contribution is 2.29. The number of carbonyl (C=O) groups excluding carboxylic acids is 2. The number of hydrogen-bond donors (Lipinski definition) is 1. The van der Waals surface area contributed by atoms with Crippen molar-refractivity contribution in [1.29, 1.82) is 0 Å². The Morgan fingerprint density at radius 1 is 0.971 bits per heavy atom. The molecule has 0 spiro atoms. The van der Waals surface area contributed by atoms with Gasteiger partial charge in [-0.25, -0.2) is 10.2 Å². The number of amides is 1. The van der Waals surface area contributed by atoms with Crippen LogP contribution in [0.2, 0.25) is 0 Å². The van der Waals surface area contributed by atoms with Crippen LogP contribution in [0.1, 0.15) is 26.3 Å². The molecular weight excluding hydrogens is 450 g/mol. The smallest absolute Gasteiger partial charge is 0.344 e. The Labute approximate surface area is 199 Å². The number of nitro groups is 1. The molecule has 4 aromatic rings. The maximum atomic E-state index is 12.8. The van der Waals surface area contributed by atoms with Crippen LogP contribution in [0.5, 0.6) is 11.5 Å². The Morgan fingerprint density at radius 3 is 2.46 bits per heavy atom. The van der Waals surface area contributed by atoms with Gasteiger partial charge in [-0.3, -0.25) is 14.9 Å². The first-order valence-corrected chi connectivity index (χ1v) is 10.4. The zero-order valence-corrected chi connectivity index (χ0v) is 18.5. The molecule has 9 nitrogen and oxygen atoms in total. The third-order valence-electron chi connectivity index (χ3n) is 5.12. The van der Waals surface area contributed by atoms with E-state index >= 15 is 0 Å². The molecule has 0 saturated heterocycles. The molecule has 1 N–H and O–H groups in total. The lowest BCUT2D eigenvalue weighted by Crippen LogP contribution is -2.17. The Bertz CT molecular complexity index is 1440. The van der Waals surface area contributed by atoms with Crippen LogP contribution >= 0.6 is 0 Å². The Hall–Kier alpha value is -5.05. The summed E-state index contributed by atoms with van der Waals surface area (Å²) in [5.41, 5.74) is 2.93. The highest BCUT2D eigenvalue weighted by atomic mass is 16.6. The average Bonchev–Trinajstić information content (AvgIpc) is 2.88. The quantitative estimate of drug-likeness (QED) is 0.137. The van der Waals surface area contributed by atoms with E-state index < -0.39 is 22.5 Å². The zero-order chi connectivity index (χ0) is 24.8. The van der Waals surface area contributed by atoms with Crippen LogP contribution in [0.4, 0.5) is 5.69 Å². The Balaban J connectivity index is 1.50. The van der Waals surface area contributed by atoms with Gasteiger partial charge in [-0.1, -0.05) is 36.4 Å². The third-order valence-corrected chi connectivity index (χ3v) is 5.12. The number of nitrogens with zero attached hydrogens (tertiary/aromatic N) is 2. The number of esters is 1. The molecular formula is C26H19N3O6. The average molecular weight is 469 g/mol. The minimum absolute atomic E-state index is 0.202. The summed E-state index contributed by atoms with van der Waals surface area (Å²) in [6.45, 7) is 0. The van der Waals surface area contributed by atoms with Crippen molar-refractivity contribution in [3.8, 4) is 11.5 Å². The SMILES string of the molecule is COc1ccc(C(=O)NN=Cc2ccc(OC(=O)c3cccc4ccccc34)c([N+](=O)[O-])c2)cc1. The third kappa shape index (κ3) is 5.31. The summed E-state index contributed by atoms with van der Waals surface area (Å²) in [5.74, 6) is -0.761. The molecule has 0 radical (unpaired) electrons. The second-order valence-corrected chi connectivity index (χ2v) is 7.33. The second kappa shape index (κ2) is 10.3. The molecule has 9 heteroatoms. The fourth-order valence-corrected chi connectivity index (χ4v) is 3.37. The van der Waals surface area contributed by atoms with Gasteiger partial charge >= 0.3 is 11.7 Å². The molecule has 0 saturated carbocycles. The van der Waals surface area contributed by atoms with Gasteiger partial charge < -0.3 is 9.47 Å². The number of rotatable bonds is 7. The first-order chi connectivity index (χ1) is 17.0. The van der Waals surface area contributed by atoms with Gasteiger partial charge in [-0.05, 0) is 53.2 Å². The van der Waals surface area contributed by atoms with Gasteiger partial charge in [-0.15, -0.1) is 0 Å². The van der Waals surface area contributed by atoms with Crippen LogP contribution in [-0.4, -0.2) is 30.1 Å². The summed E-state index contributed by atoms with van der Waals surface area (Å²) in [6.07, 6.45) is 1.25. The highest BCUT2D eigenvalue weighted by molar-refractivity contribution is 6.05. The maximum absolute atomic E-state index is 12.8. The normalized spacial score (nSPS) is 10.8. The molecule has 0 bridgehead atoms. The molecule has 0 unspecified atom stereocenters. The number of methoxy groups -OCH3 is 1. The molecule has 35 heavy (non-hydrogen) atoms. The minimum Gasteiger partial charge on any atom is -0.497 e. The van der Waals surface area contributed by atoms with Crippen molar-refractivity contribution in [1.82, 2.24) is 5.43 Å². The van der Waals surface area contributed by atoms with E-state index in [1.165, 1.54) is 31.5 Å². The predicted octanol–water partition coefficient (Wildman–Crippen LogP) is 4.74. The van der Waals surface area contributed by atoms with Gasteiger partial charge in [0.05, 0.1) is 23.8 Å². The van der Waals surface area contributed by atoms with Crippen LogP contribution in [0.15, 0.2) is 90.0 Å². The van der Waals surface area contributed by atoms with E-state index in [1.54, 1.807) is 48.5 Å². The summed E-state index contributed by atoms with van der Waals surface area (Å²) >= 11 is 0. The molecule has 0 aliphatic heterocycles. The lowest BCUT2D eigenvalue weighted by molar-refractivity contribution is -0.385. The fraction of sp³-hybridized carbons (Fsp3) is 0.0385. The fourth-order valence-electron chi connectivity index (χ4n) is 3.37. The summed E-state index contributed by atoms with van der Waals surface area (Å²) in [7, 11) is 1.52. The van der Waals surface area contributed by atoms with Crippen molar-refractivity contribution in [2.24, 2.45) is 5.10 Å². The molecule has 4 aromatic carbocycles. The Kier molecular flexibility index (Phi) is 6.78. The van der Waals surface area contributed by atoms with Crippen molar-refractivity contribution < 1.29 is 24.0 Å². The number of nitrogens with one attached hydrogen (secondary N) is 1. The molecule has 4 rings (SSSR count). The van der Waals surface area contributed by atoms with Crippen LogP contribution in [0.25, 0.3) is 10.8 Å². The van der Waals surface area contributed by atoms with Crippen molar-refractivity contribution in [2.45, 2.75) is 0 Å². The second-order valence-electron chi connectivity index (χ2n) is 7.33. The highest BCUT2D eigenvalue weighted by Gasteiger charge is 2.20. The summed E-state index contributed by atoms with van der Waals surface area (Å²) in [5, 5.41) is 17.0. The van der Waals surface area contributed by atoms with Crippen molar-refractivity contribution in [3.05, 3.63) is 112 Å². The van der Waals surface area contributed by atoms with Crippen LogP contribution < -0.4 is 14.9 Å². The van der Waals surface area contributed by atoms with Crippen LogP contribution in [0.3, 0.4) is 0 Å². The number of fused-ring (bicyclic) bond motifs is 1. The molecule has 0 aromatic heterocycles. The summed E-state index contributed by atoms with van der Waals surface area (Å²) < 4.78 is 10.4. The molecule has 0 aliphatic carbocycles. The van der Waals surface area contributed by atoms with E-state index in [0.717, 1.165) is 5.39 Å². The van der Waals surface area contributed by atoms with Crippen molar-refractivity contribution >= 4 is 34.6 Å². The van der Waals surface area contributed by atoms with Gasteiger partial charge in [0.25, 0.3) is 5.91 Å². The number of hydrazone groups is 1. The molecule has 0 atom stereocenters. The standard InChI is InChI=1S/C26H19N3O6/c1-34-20-12-10-19(11-13-20)25(30)28-27-16-17-9-14-24(23(15-17)29(32)33)35-26(31)22-8-4-6-18-5-2-3-7-21(18)22/h2-16H,1H3,(H,28,30). The lowest BCUT2D eigenvalue weighted by Gasteiger charge is -2.08. The molecule has 0 fully saturated rings. The van der Waals surface area contributed by atoms with Gasteiger partial charge in [0.15, 0.2) is 0 Å². The van der Waals surface area contributed by atoms with E-state index in [2.05, 4.69) is 10.5 Å². The number of nitro benzene ring substituents is 1. The molecule has 0 heterocycles. The van der Waals surface area contributed by atoms with E-state index in [0.29, 0.717) is 27.8 Å². The van der Waals surface area contributed by atoms with Gasteiger partial charge in [-0.2, -0.15) is 5.10 Å². The maximum Gasteiger partial charge on any atom is 0.344 e. The monoisotopic (exact) mass is 469 g/mol. The van der Waals surface area contributed by atoms with Crippen LogP contribution in [-0.2, 0) is 0 Å². The Morgan fingerprint density at radius 2 is 1.71 bits per heavy atom. The van der Waals surface area contributed by atoms with Crippen molar-refractivity contribution in [3.63, 3.8) is 0 Å². The van der Waals surface area contributed by atoms with E-state index in [4.69, 9.17) is 9.47 Å². The number of benzene rings is 4. The lowest BCUT2D eigenvalue weighted by atomic mass is 10.0. The first-order valence-electron chi connectivity index (χ1n) is 10.4. The molecule has 0 aliphatic rings. The minimum atomic E-state index is -0.710. The number of carbonyl (C=O) groups is 2. The van der Waals surface area contributed by atoms with E-state index in [-0.39, 0.29) is 5.75 Å². The van der Waals surface area contributed by atoms with Gasteiger partial charge in [0.1, 0.15) is 5.75 Å². The van der Waals surface area contributed by atoms with Crippen molar-refractivity contribution in [2.75, 3.05) is 7.11 Å². The van der Waals surface area contributed by atoms with E-state index in [9.17, 15) is 19.7 Å². The topological polar surface area (TPSA) is 120 Å². The van der Waals surface area contributed by atoms with E-state index in [1.807, 2.05) is 18.2 Å².